The summed E-state index contributed by atoms with van der Waals surface area (Å²) >= 11 is 0. The maximum Gasteiger partial charge on any atom is 0.142 e. The van der Waals surface area contributed by atoms with E-state index in [1.165, 1.54) is 5.19 Å². The van der Waals surface area contributed by atoms with Gasteiger partial charge in [0.25, 0.3) is 0 Å². The molecule has 3 nitrogen and oxygen atoms in total. The van der Waals surface area contributed by atoms with Crippen molar-refractivity contribution < 1.29 is 4.84 Å². The highest BCUT2D eigenvalue weighted by Crippen LogP contribution is 2.01. The van der Waals surface area contributed by atoms with Gasteiger partial charge in [-0.1, -0.05) is 50.0 Å². The molecule has 4 heteroatoms. The summed E-state index contributed by atoms with van der Waals surface area (Å²) in [6.45, 7) is 7.44. The molecule has 1 aromatic heterocycles. The molecule has 0 saturated heterocycles. The van der Waals surface area contributed by atoms with Gasteiger partial charge in [0.1, 0.15) is 6.61 Å². The third-order valence-electron chi connectivity index (χ3n) is 2.63. The Balaban J connectivity index is 1.99. The Morgan fingerprint density at radius 1 is 1.18 bits per heavy atom. The quantitative estimate of drug-likeness (QED) is 0.772. The molecule has 2 aromatic rings. The number of aromatic nitrogens is 2. The zero-order valence-electron chi connectivity index (χ0n) is 10.6. The molecule has 0 amide bonds. The lowest BCUT2D eigenvalue weighted by Gasteiger charge is -2.12. The predicted molar refractivity (Wildman–Crippen MR) is 71.9 cm³/mol. The van der Waals surface area contributed by atoms with Gasteiger partial charge in [0.05, 0.1) is 20.5 Å². The van der Waals surface area contributed by atoms with E-state index in [0.29, 0.717) is 6.61 Å². The second-order valence-corrected chi connectivity index (χ2v) is 10.2. The van der Waals surface area contributed by atoms with Crippen molar-refractivity contribution in [1.29, 1.82) is 0 Å². The maximum absolute atomic E-state index is 5.60. The summed E-state index contributed by atoms with van der Waals surface area (Å²) in [6, 6.07) is 10.1. The van der Waals surface area contributed by atoms with Gasteiger partial charge in [0.15, 0.2) is 0 Å². The minimum Gasteiger partial charge on any atom is -0.392 e. The molecule has 0 aliphatic heterocycles. The first kappa shape index (κ1) is 11.9. The molecular weight excluding hydrogens is 228 g/mol. The third-order valence-corrected chi connectivity index (χ3v) is 4.62. The minimum atomic E-state index is -1.28. The van der Waals surface area contributed by atoms with Gasteiger partial charge in [-0.25, -0.2) is 0 Å². The van der Waals surface area contributed by atoms with Crippen LogP contribution < -0.4 is 10.0 Å². The topological polar surface area (TPSA) is 27.1 Å². The van der Waals surface area contributed by atoms with Crippen LogP contribution in [0.5, 0.6) is 0 Å². The fourth-order valence-corrected chi connectivity index (χ4v) is 2.42. The van der Waals surface area contributed by atoms with E-state index in [9.17, 15) is 0 Å². The summed E-state index contributed by atoms with van der Waals surface area (Å²) in [7, 11) is -1.28. The summed E-state index contributed by atoms with van der Waals surface area (Å²) in [5.41, 5.74) is 1.15. The van der Waals surface area contributed by atoms with Crippen LogP contribution in [0.2, 0.25) is 19.6 Å². The standard InChI is InChI=1S/C13H18N2OSi/c1-17(2,3)13-9-14-15(10-13)16-11-12-7-5-4-6-8-12/h4-10H,11H2,1-3H3. The van der Waals surface area contributed by atoms with Gasteiger partial charge in [-0.3, -0.25) is 0 Å². The van der Waals surface area contributed by atoms with Crippen molar-refractivity contribution in [3.05, 3.63) is 48.3 Å². The normalized spacial score (nSPS) is 11.5. The molecule has 0 aliphatic rings. The summed E-state index contributed by atoms with van der Waals surface area (Å²) < 4.78 is 0. The highest BCUT2D eigenvalue weighted by atomic mass is 28.3. The number of hydrogen-bond donors (Lipinski definition) is 0. The van der Waals surface area contributed by atoms with Crippen molar-refractivity contribution in [3.8, 4) is 0 Å². The lowest BCUT2D eigenvalue weighted by atomic mass is 10.2. The van der Waals surface area contributed by atoms with Crippen LogP contribution >= 0.6 is 0 Å². The molecule has 1 aromatic carbocycles. The summed E-state index contributed by atoms with van der Waals surface area (Å²) in [5.74, 6) is 0. The molecular formula is C13H18N2OSi. The van der Waals surface area contributed by atoms with Gasteiger partial charge in [-0.15, -0.1) is 9.94 Å². The van der Waals surface area contributed by atoms with Gasteiger partial charge < -0.3 is 4.84 Å². The van der Waals surface area contributed by atoms with Crippen molar-refractivity contribution in [2.24, 2.45) is 0 Å². The summed E-state index contributed by atoms with van der Waals surface area (Å²) in [6.07, 6.45) is 3.91. The molecule has 0 fully saturated rings. The highest BCUT2D eigenvalue weighted by Gasteiger charge is 2.18. The predicted octanol–water partition coefficient (Wildman–Crippen LogP) is 2.06. The Morgan fingerprint density at radius 2 is 1.88 bits per heavy atom. The summed E-state index contributed by atoms with van der Waals surface area (Å²) in [4.78, 5) is 7.17. The molecule has 0 atom stereocenters. The Hall–Kier alpha value is -1.55. The number of hydrogen-bond acceptors (Lipinski definition) is 2. The first-order valence-corrected chi connectivity index (χ1v) is 9.28. The maximum atomic E-state index is 5.60. The van der Waals surface area contributed by atoms with Crippen LogP contribution in [0.3, 0.4) is 0 Å². The molecule has 0 bridgehead atoms. The monoisotopic (exact) mass is 246 g/mol. The molecule has 1 heterocycles. The van der Waals surface area contributed by atoms with Gasteiger partial charge in [0, 0.05) is 0 Å². The van der Waals surface area contributed by atoms with Crippen molar-refractivity contribution in [2.45, 2.75) is 26.2 Å². The lowest BCUT2D eigenvalue weighted by Crippen LogP contribution is -2.36. The highest BCUT2D eigenvalue weighted by molar-refractivity contribution is 6.88. The molecule has 2 rings (SSSR count). The van der Waals surface area contributed by atoms with Gasteiger partial charge >= 0.3 is 0 Å². The largest absolute Gasteiger partial charge is 0.392 e. The first-order valence-electron chi connectivity index (χ1n) is 5.78. The van der Waals surface area contributed by atoms with Crippen molar-refractivity contribution in [2.75, 3.05) is 0 Å². The average molecular weight is 246 g/mol. The molecule has 0 spiro atoms. The Kier molecular flexibility index (Phi) is 3.33. The SMILES string of the molecule is C[Si](C)(C)c1cnn(OCc2ccccc2)c1. The zero-order valence-corrected chi connectivity index (χ0v) is 11.6. The number of nitrogens with zero attached hydrogens (tertiary/aromatic N) is 2. The molecule has 0 saturated carbocycles. The van der Waals surface area contributed by atoms with Crippen molar-refractivity contribution in [3.63, 3.8) is 0 Å². The van der Waals surface area contributed by atoms with Crippen molar-refractivity contribution >= 4 is 13.3 Å². The van der Waals surface area contributed by atoms with Crippen LogP contribution in [0.25, 0.3) is 0 Å². The Morgan fingerprint density at radius 3 is 2.47 bits per heavy atom. The van der Waals surface area contributed by atoms with Crippen LogP contribution in [0.15, 0.2) is 42.7 Å². The molecule has 0 unspecified atom stereocenters. The molecule has 0 N–H and O–H groups in total. The van der Waals surface area contributed by atoms with Gasteiger partial charge in [-0.05, 0) is 10.8 Å². The van der Waals surface area contributed by atoms with Crippen LogP contribution in [-0.2, 0) is 6.61 Å². The number of benzene rings is 1. The van der Waals surface area contributed by atoms with E-state index in [-0.39, 0.29) is 0 Å². The van der Waals surface area contributed by atoms with E-state index in [2.05, 4.69) is 24.7 Å². The van der Waals surface area contributed by atoms with E-state index in [1.807, 2.05) is 42.7 Å². The molecule has 90 valence electrons. The molecule has 17 heavy (non-hydrogen) atoms. The second-order valence-electron chi connectivity index (χ2n) is 5.14. The fourth-order valence-electron chi connectivity index (χ4n) is 1.48. The smallest absolute Gasteiger partial charge is 0.142 e. The van der Waals surface area contributed by atoms with Crippen LogP contribution in [0, 0.1) is 0 Å². The van der Waals surface area contributed by atoms with Crippen LogP contribution in [0.4, 0.5) is 0 Å². The minimum absolute atomic E-state index is 0.549. The van der Waals surface area contributed by atoms with Gasteiger partial charge in [-0.2, -0.15) is 0 Å². The molecule has 0 aliphatic carbocycles. The molecule has 0 radical (unpaired) electrons. The van der Waals surface area contributed by atoms with E-state index in [4.69, 9.17) is 4.84 Å². The lowest BCUT2D eigenvalue weighted by molar-refractivity contribution is 0.0702. The summed E-state index contributed by atoms with van der Waals surface area (Å²) in [5, 5.41) is 5.54. The third kappa shape index (κ3) is 3.20. The van der Waals surface area contributed by atoms with Crippen LogP contribution in [-0.4, -0.2) is 18.0 Å². The number of rotatable bonds is 4. The van der Waals surface area contributed by atoms with Crippen molar-refractivity contribution in [1.82, 2.24) is 9.94 Å². The average Bonchev–Trinajstić information content (AvgIpc) is 2.76. The zero-order chi connectivity index (χ0) is 12.3. The van der Waals surface area contributed by atoms with E-state index < -0.39 is 8.07 Å². The second kappa shape index (κ2) is 4.75. The van der Waals surface area contributed by atoms with E-state index in [1.54, 1.807) is 4.85 Å². The Bertz CT molecular complexity index is 474. The van der Waals surface area contributed by atoms with E-state index in [0.717, 1.165) is 5.56 Å². The van der Waals surface area contributed by atoms with Crippen LogP contribution in [0.1, 0.15) is 5.56 Å². The van der Waals surface area contributed by atoms with E-state index >= 15 is 0 Å². The first-order chi connectivity index (χ1) is 8.05. The fraction of sp³-hybridized carbons (Fsp3) is 0.308. The van der Waals surface area contributed by atoms with Gasteiger partial charge in [0.2, 0.25) is 0 Å². The Labute approximate surface area is 103 Å².